The molecule has 0 saturated carbocycles. The predicted octanol–water partition coefficient (Wildman–Crippen LogP) is 9.42. The fraction of sp³-hybridized carbons (Fsp3) is 0.594. The molecule has 204 valence electrons. The number of unbranched alkanes of at least 4 members (excludes halogenated alkanes) is 4. The van der Waals surface area contributed by atoms with Gasteiger partial charge < -0.3 is 4.74 Å². The van der Waals surface area contributed by atoms with Gasteiger partial charge in [0.2, 0.25) is 0 Å². The Morgan fingerprint density at radius 2 is 1.67 bits per heavy atom. The second-order valence-corrected chi connectivity index (χ2v) is 9.22. The maximum absolute atomic E-state index is 5.04. The van der Waals surface area contributed by atoms with Gasteiger partial charge >= 0.3 is 0 Å². The van der Waals surface area contributed by atoms with Gasteiger partial charge in [-0.1, -0.05) is 109 Å². The van der Waals surface area contributed by atoms with Gasteiger partial charge in [-0.2, -0.15) is 0 Å². The summed E-state index contributed by atoms with van der Waals surface area (Å²) in [6.07, 6.45) is 28.9. The monoisotopic (exact) mass is 497 g/mol. The van der Waals surface area contributed by atoms with Crippen LogP contribution in [0.2, 0.25) is 0 Å². The molecule has 2 atom stereocenters. The molecule has 0 radical (unpaired) electrons. The zero-order valence-corrected chi connectivity index (χ0v) is 24.3. The third-order valence-corrected chi connectivity index (χ3v) is 6.03. The zero-order valence-electron chi connectivity index (χ0n) is 24.3. The third kappa shape index (κ3) is 15.5. The van der Waals surface area contributed by atoms with Crippen molar-refractivity contribution in [1.82, 2.24) is 10.4 Å². The van der Waals surface area contributed by atoms with Gasteiger partial charge in [-0.25, -0.2) is 4.99 Å². The lowest BCUT2D eigenvalue weighted by Gasteiger charge is -2.35. The van der Waals surface area contributed by atoms with Crippen LogP contribution in [0.25, 0.3) is 0 Å². The van der Waals surface area contributed by atoms with E-state index in [1.165, 1.54) is 37.7 Å². The van der Waals surface area contributed by atoms with Crippen LogP contribution in [0.3, 0.4) is 0 Å². The molecule has 36 heavy (non-hydrogen) atoms. The second-order valence-electron chi connectivity index (χ2n) is 9.22. The van der Waals surface area contributed by atoms with Crippen molar-refractivity contribution in [3.63, 3.8) is 0 Å². The van der Waals surface area contributed by atoms with Crippen molar-refractivity contribution in [3.8, 4) is 0 Å². The Balaban J connectivity index is 5.83. The summed E-state index contributed by atoms with van der Waals surface area (Å²) in [5.41, 5.74) is 5.96. The molecular formula is C32H55N3O. The quantitative estimate of drug-likeness (QED) is 0.0326. The van der Waals surface area contributed by atoms with Crippen LogP contribution in [0.15, 0.2) is 78.3 Å². The molecule has 0 fully saturated rings. The minimum absolute atomic E-state index is 0.129. The number of amidine groups is 1. The molecule has 0 amide bonds. The Labute approximate surface area is 223 Å². The minimum atomic E-state index is 0.129. The molecule has 0 heterocycles. The summed E-state index contributed by atoms with van der Waals surface area (Å²) in [6.45, 7) is 19.6. The lowest BCUT2D eigenvalue weighted by molar-refractivity contribution is 0.243. The fourth-order valence-electron chi connectivity index (χ4n) is 3.86. The molecule has 0 aromatic carbocycles. The molecule has 0 aromatic heterocycles. The molecule has 0 aliphatic heterocycles. The van der Waals surface area contributed by atoms with Gasteiger partial charge in [-0.15, -0.1) is 0 Å². The molecular weight excluding hydrogens is 442 g/mol. The summed E-state index contributed by atoms with van der Waals surface area (Å²) < 4.78 is 5.04. The van der Waals surface area contributed by atoms with E-state index < -0.39 is 0 Å². The summed E-state index contributed by atoms with van der Waals surface area (Å²) in [5, 5.41) is 2.18. The number of methoxy groups -OCH3 is 1. The molecule has 0 spiro atoms. The predicted molar refractivity (Wildman–Crippen MR) is 161 cm³/mol. The van der Waals surface area contributed by atoms with Crippen molar-refractivity contribution in [1.29, 1.82) is 0 Å². The number of nitrogens with zero attached hydrogens (tertiary/aromatic N) is 2. The van der Waals surface area contributed by atoms with E-state index in [0.717, 1.165) is 50.1 Å². The van der Waals surface area contributed by atoms with Gasteiger partial charge in [0.05, 0.1) is 19.4 Å². The van der Waals surface area contributed by atoms with E-state index in [9.17, 15) is 0 Å². The van der Waals surface area contributed by atoms with Crippen molar-refractivity contribution in [2.45, 2.75) is 111 Å². The van der Waals surface area contributed by atoms with Crippen LogP contribution in [0.1, 0.15) is 105 Å². The van der Waals surface area contributed by atoms with E-state index in [4.69, 9.17) is 4.74 Å². The maximum atomic E-state index is 5.04. The Hall–Kier alpha value is -2.49. The van der Waals surface area contributed by atoms with Crippen LogP contribution in [0, 0.1) is 5.92 Å². The smallest absolute Gasteiger partial charge is 0.120 e. The molecule has 1 N–H and O–H groups in total. The van der Waals surface area contributed by atoms with Crippen LogP contribution in [-0.4, -0.2) is 24.0 Å². The standard InChI is InChI=1S/C32H55N3O/c1-9-14-17-18-19-22-30(13-5)24-25-31(23-16-11-3)29(7)35(28(6)21-15-10-2)34-32(20-12-4)33-26-27-36-8/h13,15-16,21,23-24,26-28,31H,5,7,9-12,14,17-20,22,25H2,1-4,6,8H3,(H,33,34)/b21-15+,23-16-,27-26+,30-24+. The maximum Gasteiger partial charge on any atom is 0.120 e. The summed E-state index contributed by atoms with van der Waals surface area (Å²) in [5.74, 6) is 1.08. The average Bonchev–Trinajstić information content (AvgIpc) is 2.88. The highest BCUT2D eigenvalue weighted by molar-refractivity contribution is 5.82. The molecule has 4 nitrogen and oxygen atoms in total. The van der Waals surface area contributed by atoms with Crippen LogP contribution in [0.4, 0.5) is 0 Å². The van der Waals surface area contributed by atoms with E-state index in [-0.39, 0.29) is 12.0 Å². The Bertz CT molecular complexity index is 730. The van der Waals surface area contributed by atoms with Crippen LogP contribution >= 0.6 is 0 Å². The Morgan fingerprint density at radius 1 is 0.972 bits per heavy atom. The van der Waals surface area contributed by atoms with E-state index in [2.05, 4.69) is 93.6 Å². The van der Waals surface area contributed by atoms with Gasteiger partial charge in [-0.05, 0) is 45.4 Å². The number of hydrogen-bond acceptors (Lipinski definition) is 3. The van der Waals surface area contributed by atoms with Crippen molar-refractivity contribution in [2.75, 3.05) is 7.11 Å². The third-order valence-electron chi connectivity index (χ3n) is 6.03. The van der Waals surface area contributed by atoms with Crippen molar-refractivity contribution >= 4 is 5.84 Å². The highest BCUT2D eigenvalue weighted by Gasteiger charge is 2.20. The molecule has 2 unspecified atom stereocenters. The van der Waals surface area contributed by atoms with Crippen molar-refractivity contribution in [3.05, 3.63) is 73.3 Å². The lowest BCUT2D eigenvalue weighted by atomic mass is 9.96. The molecule has 0 saturated heterocycles. The number of allylic oxidation sites excluding steroid dienone is 6. The molecule has 4 heteroatoms. The first-order valence-electron chi connectivity index (χ1n) is 14.1. The number of hydrogen-bond donors (Lipinski definition) is 1. The van der Waals surface area contributed by atoms with Crippen LogP contribution in [0.5, 0.6) is 0 Å². The van der Waals surface area contributed by atoms with E-state index in [1.807, 2.05) is 6.08 Å². The lowest BCUT2D eigenvalue weighted by Crippen LogP contribution is -2.47. The van der Waals surface area contributed by atoms with Crippen LogP contribution < -0.4 is 5.43 Å². The summed E-state index contributed by atoms with van der Waals surface area (Å²) in [7, 11) is 1.63. The first-order chi connectivity index (χ1) is 17.5. The average molecular weight is 498 g/mol. The van der Waals surface area contributed by atoms with Crippen LogP contribution in [-0.2, 0) is 4.74 Å². The molecule has 0 rings (SSSR count). The van der Waals surface area contributed by atoms with Gasteiger partial charge in [0, 0.05) is 18.0 Å². The molecule has 0 aliphatic carbocycles. The van der Waals surface area contributed by atoms with Crippen molar-refractivity contribution < 1.29 is 4.74 Å². The highest BCUT2D eigenvalue weighted by Crippen LogP contribution is 2.24. The topological polar surface area (TPSA) is 36.9 Å². The highest BCUT2D eigenvalue weighted by atomic mass is 16.5. The number of ether oxygens (including phenoxy) is 1. The number of aliphatic imine (C=N–C) groups is 1. The molecule has 0 bridgehead atoms. The summed E-state index contributed by atoms with van der Waals surface area (Å²) >= 11 is 0. The van der Waals surface area contributed by atoms with E-state index in [1.54, 1.807) is 19.6 Å². The Morgan fingerprint density at radius 3 is 2.28 bits per heavy atom. The van der Waals surface area contributed by atoms with Gasteiger partial charge in [-0.3, -0.25) is 10.4 Å². The normalized spacial score (nSPS) is 14.5. The Kier molecular flexibility index (Phi) is 21.4. The summed E-state index contributed by atoms with van der Waals surface area (Å²) in [6, 6.07) is 0.129. The first kappa shape index (κ1) is 33.5. The van der Waals surface area contributed by atoms with Gasteiger partial charge in [0.25, 0.3) is 0 Å². The molecule has 0 aliphatic rings. The SMILES string of the molecule is C=C/C(=C\CC(/C=C\CC)C(=C)N(NC(CCC)=N/C=C/OC)C(C)/C=C/CC)CCCCCCC. The van der Waals surface area contributed by atoms with Gasteiger partial charge in [0.15, 0.2) is 0 Å². The number of rotatable bonds is 21. The van der Waals surface area contributed by atoms with E-state index >= 15 is 0 Å². The zero-order chi connectivity index (χ0) is 27.0. The molecule has 0 aromatic rings. The fourth-order valence-corrected chi connectivity index (χ4v) is 3.86. The van der Waals surface area contributed by atoms with E-state index in [0.29, 0.717) is 0 Å². The van der Waals surface area contributed by atoms with Crippen molar-refractivity contribution in [2.24, 2.45) is 10.9 Å². The first-order valence-corrected chi connectivity index (χ1v) is 14.1. The minimum Gasteiger partial charge on any atom is -0.503 e. The second kappa shape index (κ2) is 22.9. The number of nitrogens with one attached hydrogen (secondary N) is 1. The largest absolute Gasteiger partial charge is 0.503 e. The number of hydrazine groups is 1. The summed E-state index contributed by atoms with van der Waals surface area (Å²) in [4.78, 5) is 4.60. The van der Waals surface area contributed by atoms with Gasteiger partial charge in [0.1, 0.15) is 12.1 Å².